The van der Waals surface area contributed by atoms with Gasteiger partial charge in [-0.25, -0.2) is 4.57 Å². The first-order chi connectivity index (χ1) is 6.22. The molecule has 0 aromatic carbocycles. The molecule has 0 fully saturated rings. The largest absolute Gasteiger partial charge is 0.469 e. The summed E-state index contributed by atoms with van der Waals surface area (Å²) < 4.78 is 14.7. The van der Waals surface area contributed by atoms with E-state index in [9.17, 15) is 9.36 Å². The molecule has 0 aromatic heterocycles. The summed E-state index contributed by atoms with van der Waals surface area (Å²) in [5.41, 5.74) is 0.327. The molecule has 0 radical (unpaired) electrons. The molecule has 0 bridgehead atoms. The van der Waals surface area contributed by atoms with Gasteiger partial charge in [0.1, 0.15) is 0 Å². The lowest BCUT2D eigenvalue weighted by atomic mass is 10.3. The van der Waals surface area contributed by atoms with Crippen LogP contribution in [-0.4, -0.2) is 28.3 Å². The van der Waals surface area contributed by atoms with E-state index in [1.165, 1.54) is 13.8 Å². The van der Waals surface area contributed by atoms with Crippen LogP contribution in [0.5, 0.6) is 0 Å². The summed E-state index contributed by atoms with van der Waals surface area (Å²) in [5, 5.41) is 2.40. The van der Waals surface area contributed by atoms with Crippen LogP contribution < -0.4 is 5.32 Å². The number of rotatable bonds is 5. The Balaban J connectivity index is 3.86. The number of hydrogen-bond acceptors (Lipinski definition) is 3. The molecule has 0 aliphatic carbocycles. The third-order valence-corrected chi connectivity index (χ3v) is 1.89. The molecule has 0 rings (SSSR count). The number of phosphoric ester groups is 1. The Kier molecular flexibility index (Phi) is 5.01. The van der Waals surface area contributed by atoms with E-state index in [1.807, 2.05) is 0 Å². The van der Waals surface area contributed by atoms with Crippen LogP contribution >= 0.6 is 7.82 Å². The molecule has 6 nitrogen and oxygen atoms in total. The SMILES string of the molecule is C=C(C)C(=O)NCC(C)OP(=O)(O)O. The smallest absolute Gasteiger partial charge is 0.350 e. The summed E-state index contributed by atoms with van der Waals surface area (Å²) in [5.74, 6) is -0.369. The minimum atomic E-state index is -4.48. The van der Waals surface area contributed by atoms with Crippen LogP contribution in [0.4, 0.5) is 0 Å². The molecule has 7 heteroatoms. The Morgan fingerprint density at radius 3 is 2.50 bits per heavy atom. The number of carbonyl (C=O) groups excluding carboxylic acids is 1. The highest BCUT2D eigenvalue weighted by atomic mass is 31.2. The zero-order valence-corrected chi connectivity index (χ0v) is 8.95. The summed E-state index contributed by atoms with van der Waals surface area (Å²) in [7, 11) is -4.48. The number of amides is 1. The van der Waals surface area contributed by atoms with Crippen LogP contribution in [0.25, 0.3) is 0 Å². The standard InChI is InChI=1S/C7H14NO5P/c1-5(2)7(9)8-4-6(3)13-14(10,11)12/h6H,1,4H2,2-3H3,(H,8,9)(H2,10,11,12). The van der Waals surface area contributed by atoms with Gasteiger partial charge in [-0.1, -0.05) is 6.58 Å². The highest BCUT2D eigenvalue weighted by Gasteiger charge is 2.18. The molecule has 0 aliphatic rings. The molecule has 0 aliphatic heterocycles. The highest BCUT2D eigenvalue weighted by Crippen LogP contribution is 2.37. The van der Waals surface area contributed by atoms with Gasteiger partial charge < -0.3 is 15.1 Å². The van der Waals surface area contributed by atoms with Gasteiger partial charge in [-0.2, -0.15) is 0 Å². The quantitative estimate of drug-likeness (QED) is 0.456. The van der Waals surface area contributed by atoms with Crippen molar-refractivity contribution < 1.29 is 23.7 Å². The number of nitrogens with one attached hydrogen (secondary N) is 1. The van der Waals surface area contributed by atoms with E-state index >= 15 is 0 Å². The Bertz CT molecular complexity index is 271. The fourth-order valence-electron chi connectivity index (χ4n) is 0.659. The fraction of sp³-hybridized carbons (Fsp3) is 0.571. The molecule has 82 valence electrons. The Morgan fingerprint density at radius 1 is 1.64 bits per heavy atom. The van der Waals surface area contributed by atoms with E-state index in [2.05, 4.69) is 16.4 Å². The molecule has 0 saturated carbocycles. The second kappa shape index (κ2) is 5.26. The van der Waals surface area contributed by atoms with Crippen molar-refractivity contribution in [3.63, 3.8) is 0 Å². The number of hydrogen-bond donors (Lipinski definition) is 3. The van der Waals surface area contributed by atoms with E-state index in [1.54, 1.807) is 0 Å². The van der Waals surface area contributed by atoms with Gasteiger partial charge in [0.05, 0.1) is 6.10 Å². The van der Waals surface area contributed by atoms with E-state index in [0.29, 0.717) is 5.57 Å². The molecular weight excluding hydrogens is 209 g/mol. The Labute approximate surface area is 82.2 Å². The van der Waals surface area contributed by atoms with E-state index < -0.39 is 13.9 Å². The fourth-order valence-corrected chi connectivity index (χ4v) is 1.20. The molecule has 0 heterocycles. The number of carbonyl (C=O) groups is 1. The van der Waals surface area contributed by atoms with Crippen LogP contribution in [0.15, 0.2) is 12.2 Å². The van der Waals surface area contributed by atoms with Crippen LogP contribution in [0.3, 0.4) is 0 Å². The molecule has 0 aromatic rings. The molecule has 1 unspecified atom stereocenters. The van der Waals surface area contributed by atoms with Crippen molar-refractivity contribution in [2.45, 2.75) is 20.0 Å². The van der Waals surface area contributed by atoms with Crippen molar-refractivity contribution in [1.82, 2.24) is 5.32 Å². The van der Waals surface area contributed by atoms with E-state index in [-0.39, 0.29) is 12.5 Å². The predicted octanol–water partition coefficient (Wildman–Crippen LogP) is 0.176. The molecular formula is C7H14NO5P. The zero-order chi connectivity index (χ0) is 11.4. The van der Waals surface area contributed by atoms with Crippen LogP contribution in [0.2, 0.25) is 0 Å². The average molecular weight is 223 g/mol. The van der Waals surface area contributed by atoms with Gasteiger partial charge in [-0.05, 0) is 13.8 Å². The van der Waals surface area contributed by atoms with Crippen molar-refractivity contribution in [2.24, 2.45) is 0 Å². The monoisotopic (exact) mass is 223 g/mol. The summed E-state index contributed by atoms with van der Waals surface area (Å²) in [6.45, 7) is 6.40. The lowest BCUT2D eigenvalue weighted by Gasteiger charge is -2.14. The Hall–Kier alpha value is -0.680. The van der Waals surface area contributed by atoms with Crippen molar-refractivity contribution >= 4 is 13.7 Å². The van der Waals surface area contributed by atoms with Crippen LogP contribution in [-0.2, 0) is 13.9 Å². The lowest BCUT2D eigenvalue weighted by molar-refractivity contribution is -0.117. The highest BCUT2D eigenvalue weighted by molar-refractivity contribution is 7.46. The Morgan fingerprint density at radius 2 is 2.14 bits per heavy atom. The van der Waals surface area contributed by atoms with E-state index in [4.69, 9.17) is 9.79 Å². The topological polar surface area (TPSA) is 95.9 Å². The minimum Gasteiger partial charge on any atom is -0.350 e. The van der Waals surface area contributed by atoms with Gasteiger partial charge in [0.15, 0.2) is 0 Å². The summed E-state index contributed by atoms with van der Waals surface area (Å²) in [4.78, 5) is 27.8. The van der Waals surface area contributed by atoms with Crippen molar-refractivity contribution in [3.05, 3.63) is 12.2 Å². The van der Waals surface area contributed by atoms with Gasteiger partial charge in [-0.3, -0.25) is 9.32 Å². The second-order valence-corrected chi connectivity index (χ2v) is 4.09. The minimum absolute atomic E-state index is 0.0246. The third kappa shape index (κ3) is 6.80. The first kappa shape index (κ1) is 13.3. The summed E-state index contributed by atoms with van der Waals surface area (Å²) >= 11 is 0. The van der Waals surface area contributed by atoms with Gasteiger partial charge in [-0.15, -0.1) is 0 Å². The predicted molar refractivity (Wildman–Crippen MR) is 50.4 cm³/mol. The molecule has 14 heavy (non-hydrogen) atoms. The van der Waals surface area contributed by atoms with Crippen LogP contribution in [0.1, 0.15) is 13.8 Å². The van der Waals surface area contributed by atoms with Gasteiger partial charge >= 0.3 is 7.82 Å². The van der Waals surface area contributed by atoms with Crippen LogP contribution in [0, 0.1) is 0 Å². The maximum atomic E-state index is 11.0. The van der Waals surface area contributed by atoms with Crippen molar-refractivity contribution in [1.29, 1.82) is 0 Å². The summed E-state index contributed by atoms with van der Waals surface area (Å²) in [6, 6.07) is 0. The average Bonchev–Trinajstić information content (AvgIpc) is 1.96. The lowest BCUT2D eigenvalue weighted by Crippen LogP contribution is -2.31. The zero-order valence-electron chi connectivity index (χ0n) is 8.06. The number of phosphoric acid groups is 1. The molecule has 1 amide bonds. The molecule has 1 atom stereocenters. The first-order valence-electron chi connectivity index (χ1n) is 3.90. The van der Waals surface area contributed by atoms with E-state index in [0.717, 1.165) is 0 Å². The summed E-state index contributed by atoms with van der Waals surface area (Å²) in [6.07, 6.45) is -0.751. The maximum Gasteiger partial charge on any atom is 0.469 e. The first-order valence-corrected chi connectivity index (χ1v) is 5.43. The maximum absolute atomic E-state index is 11.0. The van der Waals surface area contributed by atoms with Crippen molar-refractivity contribution in [3.8, 4) is 0 Å². The van der Waals surface area contributed by atoms with Gasteiger partial charge in [0.25, 0.3) is 0 Å². The third-order valence-electron chi connectivity index (χ3n) is 1.25. The molecule has 3 N–H and O–H groups in total. The van der Waals surface area contributed by atoms with Gasteiger partial charge in [0, 0.05) is 12.1 Å². The second-order valence-electron chi connectivity index (χ2n) is 2.90. The molecule has 0 spiro atoms. The molecule has 0 saturated heterocycles. The van der Waals surface area contributed by atoms with Gasteiger partial charge in [0.2, 0.25) is 5.91 Å². The normalized spacial score (nSPS) is 13.4. The van der Waals surface area contributed by atoms with Crippen molar-refractivity contribution in [2.75, 3.05) is 6.54 Å².